The lowest BCUT2D eigenvalue weighted by Gasteiger charge is -2.19. The molecular formula is C13H21NS. The molecule has 0 aliphatic carbocycles. The minimum Gasteiger partial charge on any atom is -0.294 e. The first-order valence-electron chi connectivity index (χ1n) is 5.44. The molecule has 0 saturated carbocycles. The first kappa shape index (κ1) is 12.6. The maximum Gasteiger partial charge on any atom is 0.0779 e. The van der Waals surface area contributed by atoms with Crippen LogP contribution in [0.15, 0.2) is 24.3 Å². The van der Waals surface area contributed by atoms with Crippen molar-refractivity contribution < 1.29 is 0 Å². The number of thiol groups is 1. The van der Waals surface area contributed by atoms with E-state index >= 15 is 0 Å². The molecule has 0 saturated heterocycles. The lowest BCUT2D eigenvalue weighted by atomic mass is 10.0. The Morgan fingerprint density at radius 2 is 1.67 bits per heavy atom. The Morgan fingerprint density at radius 1 is 1.13 bits per heavy atom. The zero-order chi connectivity index (χ0) is 11.4. The van der Waals surface area contributed by atoms with Crippen molar-refractivity contribution in [1.82, 2.24) is 4.90 Å². The Morgan fingerprint density at radius 3 is 2.07 bits per heavy atom. The van der Waals surface area contributed by atoms with Crippen LogP contribution in [-0.4, -0.2) is 19.0 Å². The highest BCUT2D eigenvalue weighted by Gasteiger charge is 2.08. The van der Waals surface area contributed by atoms with Gasteiger partial charge < -0.3 is 0 Å². The maximum absolute atomic E-state index is 4.54. The molecule has 0 aliphatic rings. The predicted octanol–water partition coefficient (Wildman–Crippen LogP) is 3.38. The van der Waals surface area contributed by atoms with Gasteiger partial charge in [0, 0.05) is 0 Å². The smallest absolute Gasteiger partial charge is 0.0779 e. The Labute approximate surface area is 98.9 Å². The minimum absolute atomic E-state index is 0.193. The third kappa shape index (κ3) is 3.88. The maximum atomic E-state index is 4.54. The van der Waals surface area contributed by atoms with Crippen LogP contribution in [0.1, 0.15) is 30.3 Å². The van der Waals surface area contributed by atoms with Gasteiger partial charge in [0.2, 0.25) is 0 Å². The van der Waals surface area contributed by atoms with Crippen molar-refractivity contribution in [3.05, 3.63) is 35.4 Å². The lowest BCUT2D eigenvalue weighted by Crippen LogP contribution is -2.14. The molecule has 1 aromatic rings. The Bertz CT molecular complexity index is 290. The van der Waals surface area contributed by atoms with E-state index in [0.29, 0.717) is 0 Å². The van der Waals surface area contributed by atoms with Crippen LogP contribution in [0.4, 0.5) is 0 Å². The van der Waals surface area contributed by atoms with Crippen molar-refractivity contribution in [3.8, 4) is 0 Å². The number of benzene rings is 1. The highest BCUT2D eigenvalue weighted by atomic mass is 32.1. The molecule has 1 aromatic carbocycles. The largest absolute Gasteiger partial charge is 0.294 e. The Balaban J connectivity index is 2.72. The van der Waals surface area contributed by atoms with Crippen LogP contribution in [0.25, 0.3) is 0 Å². The van der Waals surface area contributed by atoms with Crippen LogP contribution in [0.5, 0.6) is 0 Å². The van der Waals surface area contributed by atoms with Gasteiger partial charge in [-0.25, -0.2) is 0 Å². The van der Waals surface area contributed by atoms with Crippen LogP contribution in [0.3, 0.4) is 0 Å². The highest BCUT2D eigenvalue weighted by Crippen LogP contribution is 2.22. The molecular weight excluding hydrogens is 202 g/mol. The molecule has 0 heterocycles. The minimum atomic E-state index is 0.193. The Hall–Kier alpha value is -0.470. The van der Waals surface area contributed by atoms with E-state index in [1.807, 2.05) is 14.1 Å². The van der Waals surface area contributed by atoms with E-state index < -0.39 is 0 Å². The van der Waals surface area contributed by atoms with Gasteiger partial charge in [0.05, 0.1) is 5.37 Å². The molecule has 1 nitrogen and oxygen atoms in total. The molecule has 84 valence electrons. The van der Waals surface area contributed by atoms with Crippen molar-refractivity contribution in [2.24, 2.45) is 5.92 Å². The summed E-state index contributed by atoms with van der Waals surface area (Å²) in [6.45, 7) is 4.49. The van der Waals surface area contributed by atoms with Gasteiger partial charge >= 0.3 is 0 Å². The van der Waals surface area contributed by atoms with Crippen molar-refractivity contribution in [2.75, 3.05) is 14.1 Å². The summed E-state index contributed by atoms with van der Waals surface area (Å²) in [5, 5.41) is 0.193. The van der Waals surface area contributed by atoms with E-state index in [2.05, 4.69) is 55.6 Å². The van der Waals surface area contributed by atoms with Crippen LogP contribution in [0, 0.1) is 5.92 Å². The molecule has 2 heteroatoms. The topological polar surface area (TPSA) is 3.24 Å². The average Bonchev–Trinajstić information content (AvgIpc) is 2.17. The summed E-state index contributed by atoms with van der Waals surface area (Å²) in [6.07, 6.45) is 1.15. The van der Waals surface area contributed by atoms with Crippen LogP contribution < -0.4 is 0 Å². The quantitative estimate of drug-likeness (QED) is 0.605. The number of hydrogen-bond donors (Lipinski definition) is 1. The fraction of sp³-hybridized carbons (Fsp3) is 0.538. The first-order valence-corrected chi connectivity index (χ1v) is 5.95. The molecule has 0 aromatic heterocycles. The third-order valence-corrected chi connectivity index (χ3v) is 3.17. The van der Waals surface area contributed by atoms with Gasteiger partial charge in [0.15, 0.2) is 0 Å². The SMILES string of the molecule is CC(C)Cc1ccc(C(S)N(C)C)cc1. The van der Waals surface area contributed by atoms with Gasteiger partial charge in [-0.1, -0.05) is 38.1 Å². The van der Waals surface area contributed by atoms with E-state index in [4.69, 9.17) is 0 Å². The zero-order valence-electron chi connectivity index (χ0n) is 10.1. The number of hydrogen-bond acceptors (Lipinski definition) is 2. The van der Waals surface area contributed by atoms with E-state index in [9.17, 15) is 0 Å². The van der Waals surface area contributed by atoms with Gasteiger partial charge in [-0.15, -0.1) is 0 Å². The lowest BCUT2D eigenvalue weighted by molar-refractivity contribution is 0.393. The second kappa shape index (κ2) is 5.57. The van der Waals surface area contributed by atoms with Crippen molar-refractivity contribution >= 4 is 12.6 Å². The molecule has 0 radical (unpaired) electrons. The molecule has 0 fully saturated rings. The molecule has 0 amide bonds. The van der Waals surface area contributed by atoms with Crippen LogP contribution in [0.2, 0.25) is 0 Å². The molecule has 1 unspecified atom stereocenters. The van der Waals surface area contributed by atoms with E-state index in [-0.39, 0.29) is 5.37 Å². The zero-order valence-corrected chi connectivity index (χ0v) is 11.0. The molecule has 1 atom stereocenters. The fourth-order valence-corrected chi connectivity index (χ4v) is 1.77. The summed E-state index contributed by atoms with van der Waals surface area (Å²) in [6, 6.07) is 8.77. The van der Waals surface area contributed by atoms with E-state index in [0.717, 1.165) is 12.3 Å². The van der Waals surface area contributed by atoms with Crippen LogP contribution in [-0.2, 0) is 6.42 Å². The fourth-order valence-electron chi connectivity index (χ4n) is 1.60. The average molecular weight is 223 g/mol. The summed E-state index contributed by atoms with van der Waals surface area (Å²) in [5.74, 6) is 0.719. The van der Waals surface area contributed by atoms with Crippen LogP contribution >= 0.6 is 12.6 Å². The van der Waals surface area contributed by atoms with Gasteiger partial charge in [-0.05, 0) is 37.6 Å². The van der Waals surface area contributed by atoms with Gasteiger partial charge in [-0.3, -0.25) is 4.90 Å². The van der Waals surface area contributed by atoms with Crippen molar-refractivity contribution in [3.63, 3.8) is 0 Å². The summed E-state index contributed by atoms with van der Waals surface area (Å²) < 4.78 is 0. The summed E-state index contributed by atoms with van der Waals surface area (Å²) in [7, 11) is 4.08. The second-order valence-corrected chi connectivity index (χ2v) is 5.17. The normalized spacial score (nSPS) is 13.5. The summed E-state index contributed by atoms with van der Waals surface area (Å²) in [4.78, 5) is 2.10. The highest BCUT2D eigenvalue weighted by molar-refractivity contribution is 7.80. The molecule has 1 rings (SSSR count). The standard InChI is InChI=1S/C13H21NS/c1-10(2)9-11-5-7-12(8-6-11)13(15)14(3)4/h5-8,10,13,15H,9H2,1-4H3. The third-order valence-electron chi connectivity index (χ3n) is 2.41. The number of nitrogens with zero attached hydrogens (tertiary/aromatic N) is 1. The van der Waals surface area contributed by atoms with E-state index in [1.54, 1.807) is 0 Å². The van der Waals surface area contributed by atoms with Crippen molar-refractivity contribution in [1.29, 1.82) is 0 Å². The second-order valence-electron chi connectivity index (χ2n) is 4.68. The predicted molar refractivity (Wildman–Crippen MR) is 70.4 cm³/mol. The molecule has 15 heavy (non-hydrogen) atoms. The molecule has 0 spiro atoms. The molecule has 0 aliphatic heterocycles. The first-order chi connectivity index (χ1) is 7.00. The monoisotopic (exact) mass is 223 g/mol. The van der Waals surface area contributed by atoms with Gasteiger partial charge in [-0.2, -0.15) is 12.6 Å². The van der Waals surface area contributed by atoms with Gasteiger partial charge in [0.25, 0.3) is 0 Å². The van der Waals surface area contributed by atoms with E-state index in [1.165, 1.54) is 11.1 Å². The summed E-state index contributed by atoms with van der Waals surface area (Å²) in [5.41, 5.74) is 2.67. The van der Waals surface area contributed by atoms with Gasteiger partial charge in [0.1, 0.15) is 0 Å². The Kier molecular flexibility index (Phi) is 4.68. The van der Waals surface area contributed by atoms with Crippen molar-refractivity contribution in [2.45, 2.75) is 25.6 Å². The number of rotatable bonds is 4. The summed E-state index contributed by atoms with van der Waals surface area (Å²) >= 11 is 4.54. The molecule has 0 bridgehead atoms. The molecule has 0 N–H and O–H groups in total.